The van der Waals surface area contributed by atoms with E-state index in [2.05, 4.69) is 20.8 Å². The Kier molecular flexibility index (Phi) is 6.59. The number of hydrogen-bond donors (Lipinski definition) is 3. The molecule has 3 rings (SSSR count). The minimum absolute atomic E-state index is 0. The number of H-pyrrole nitrogens is 1. The van der Waals surface area contributed by atoms with Crippen molar-refractivity contribution in [1.29, 1.82) is 0 Å². The summed E-state index contributed by atoms with van der Waals surface area (Å²) < 4.78 is 26.8. The highest BCUT2D eigenvalue weighted by molar-refractivity contribution is 5.92. The summed E-state index contributed by atoms with van der Waals surface area (Å²) in [5.74, 6) is -2.10. The number of benzene rings is 1. The van der Waals surface area contributed by atoms with Gasteiger partial charge in [-0.2, -0.15) is 5.10 Å². The molecular formula is C19H25ClF2N4O. The van der Waals surface area contributed by atoms with Crippen LogP contribution in [0.3, 0.4) is 0 Å². The number of hydrogen-bond acceptors (Lipinski definition) is 3. The van der Waals surface area contributed by atoms with Crippen LogP contribution < -0.4 is 10.6 Å². The Morgan fingerprint density at radius 3 is 2.59 bits per heavy atom. The summed E-state index contributed by atoms with van der Waals surface area (Å²) in [5.41, 5.74) is 1.76. The lowest BCUT2D eigenvalue weighted by Gasteiger charge is -2.33. The van der Waals surface area contributed by atoms with Gasteiger partial charge in [-0.1, -0.05) is 26.8 Å². The van der Waals surface area contributed by atoms with Crippen molar-refractivity contribution in [3.8, 4) is 0 Å². The molecule has 0 bridgehead atoms. The largest absolute Gasteiger partial charge is 0.346 e. The summed E-state index contributed by atoms with van der Waals surface area (Å²) in [6.45, 7) is 7.42. The van der Waals surface area contributed by atoms with Gasteiger partial charge < -0.3 is 10.6 Å². The predicted molar refractivity (Wildman–Crippen MR) is 102 cm³/mol. The smallest absolute Gasteiger partial charge is 0.272 e. The molecule has 1 saturated heterocycles. The zero-order chi connectivity index (χ0) is 18.9. The van der Waals surface area contributed by atoms with Crippen molar-refractivity contribution in [2.75, 3.05) is 13.1 Å². The maximum Gasteiger partial charge on any atom is 0.272 e. The Morgan fingerprint density at radius 1 is 1.22 bits per heavy atom. The van der Waals surface area contributed by atoms with Crippen LogP contribution in [0.1, 0.15) is 54.9 Å². The number of carbonyl (C=O) groups excluding carboxylic acids is 1. The summed E-state index contributed by atoms with van der Waals surface area (Å²) >= 11 is 0. The molecule has 0 spiro atoms. The second-order valence-electron chi connectivity index (χ2n) is 7.77. The Bertz CT molecular complexity index is 803. The van der Waals surface area contributed by atoms with E-state index in [0.717, 1.165) is 24.7 Å². The highest BCUT2D eigenvalue weighted by Crippen LogP contribution is 2.27. The highest BCUT2D eigenvalue weighted by atomic mass is 35.5. The van der Waals surface area contributed by atoms with Gasteiger partial charge >= 0.3 is 0 Å². The van der Waals surface area contributed by atoms with Crippen LogP contribution in [0.25, 0.3) is 0 Å². The summed E-state index contributed by atoms with van der Waals surface area (Å²) in [4.78, 5) is 12.6. The molecule has 1 amide bonds. The van der Waals surface area contributed by atoms with Gasteiger partial charge in [0.2, 0.25) is 0 Å². The maximum atomic E-state index is 13.6. The number of carbonyl (C=O) groups is 1. The molecule has 2 aromatic rings. The SMILES string of the molecule is CC(C)(C)c1cc(C(=O)NC2CNCCC2c2ccc(F)c(F)c2)n[nH]1.Cl. The molecule has 148 valence electrons. The lowest BCUT2D eigenvalue weighted by molar-refractivity contribution is 0.0919. The van der Waals surface area contributed by atoms with Gasteiger partial charge in [-0.15, -0.1) is 12.4 Å². The van der Waals surface area contributed by atoms with Crippen molar-refractivity contribution in [3.63, 3.8) is 0 Å². The molecule has 2 atom stereocenters. The van der Waals surface area contributed by atoms with Crippen LogP contribution in [-0.2, 0) is 5.41 Å². The minimum atomic E-state index is -0.867. The van der Waals surface area contributed by atoms with Crippen LogP contribution in [-0.4, -0.2) is 35.2 Å². The van der Waals surface area contributed by atoms with E-state index in [1.807, 2.05) is 20.8 Å². The first-order valence-electron chi connectivity index (χ1n) is 8.78. The van der Waals surface area contributed by atoms with E-state index in [-0.39, 0.29) is 35.7 Å². The number of halogens is 3. The molecule has 1 aromatic heterocycles. The van der Waals surface area contributed by atoms with Crippen LogP contribution in [0.5, 0.6) is 0 Å². The van der Waals surface area contributed by atoms with E-state index in [0.29, 0.717) is 17.8 Å². The molecule has 8 heteroatoms. The lowest BCUT2D eigenvalue weighted by atomic mass is 9.86. The van der Waals surface area contributed by atoms with Crippen molar-refractivity contribution < 1.29 is 13.6 Å². The standard InChI is InChI=1S/C19H24F2N4O.ClH/c1-19(2,3)17-9-15(24-25-17)18(26)23-16-10-22-7-6-12(16)11-4-5-13(20)14(21)8-11;/h4-5,8-9,12,16,22H,6-7,10H2,1-3H3,(H,23,26)(H,24,25);1H. The Morgan fingerprint density at radius 2 is 1.96 bits per heavy atom. The van der Waals surface area contributed by atoms with Gasteiger partial charge in [0.15, 0.2) is 11.6 Å². The van der Waals surface area contributed by atoms with Gasteiger partial charge in [-0.3, -0.25) is 9.89 Å². The minimum Gasteiger partial charge on any atom is -0.346 e. The van der Waals surface area contributed by atoms with Crippen molar-refractivity contribution in [3.05, 3.63) is 52.9 Å². The Hall–Kier alpha value is -1.99. The van der Waals surface area contributed by atoms with E-state index in [4.69, 9.17) is 0 Å². The highest BCUT2D eigenvalue weighted by Gasteiger charge is 2.29. The van der Waals surface area contributed by atoms with Crippen LogP contribution in [0, 0.1) is 11.6 Å². The zero-order valence-corrected chi connectivity index (χ0v) is 16.4. The summed E-state index contributed by atoms with van der Waals surface area (Å²) in [7, 11) is 0. The molecule has 27 heavy (non-hydrogen) atoms. The quantitative estimate of drug-likeness (QED) is 0.743. The topological polar surface area (TPSA) is 69.8 Å². The van der Waals surface area contributed by atoms with Crippen LogP contribution in [0.2, 0.25) is 0 Å². The number of aromatic nitrogens is 2. The monoisotopic (exact) mass is 398 g/mol. The normalized spacial score (nSPS) is 20.0. The average Bonchev–Trinajstić information content (AvgIpc) is 3.08. The number of nitrogens with zero attached hydrogens (tertiary/aromatic N) is 1. The molecule has 1 aromatic carbocycles. The molecule has 1 fully saturated rings. The fraction of sp³-hybridized carbons (Fsp3) is 0.474. The third-order valence-corrected chi connectivity index (χ3v) is 4.79. The number of amides is 1. The second kappa shape index (κ2) is 8.35. The molecule has 2 unspecified atom stereocenters. The predicted octanol–water partition coefficient (Wildman–Crippen LogP) is 3.28. The molecule has 5 nitrogen and oxygen atoms in total. The molecule has 0 aliphatic carbocycles. The maximum absolute atomic E-state index is 13.6. The Labute approximate surface area is 163 Å². The fourth-order valence-electron chi connectivity index (χ4n) is 3.22. The van der Waals surface area contributed by atoms with Crippen molar-refractivity contribution >= 4 is 18.3 Å². The van der Waals surface area contributed by atoms with E-state index in [1.165, 1.54) is 6.07 Å². The lowest BCUT2D eigenvalue weighted by Crippen LogP contribution is -2.50. The molecule has 1 aliphatic heterocycles. The van der Waals surface area contributed by atoms with Crippen molar-refractivity contribution in [2.24, 2.45) is 0 Å². The fourth-order valence-corrected chi connectivity index (χ4v) is 3.22. The summed E-state index contributed by atoms with van der Waals surface area (Å²) in [6.07, 6.45) is 0.726. The molecular weight excluding hydrogens is 374 g/mol. The van der Waals surface area contributed by atoms with Crippen LogP contribution in [0.4, 0.5) is 8.78 Å². The number of piperidine rings is 1. The third-order valence-electron chi connectivity index (χ3n) is 4.79. The van der Waals surface area contributed by atoms with E-state index in [9.17, 15) is 13.6 Å². The molecule has 1 aliphatic rings. The first-order valence-corrected chi connectivity index (χ1v) is 8.78. The van der Waals surface area contributed by atoms with Crippen molar-refractivity contribution in [1.82, 2.24) is 20.8 Å². The Balaban J connectivity index is 0.00000261. The third kappa shape index (κ3) is 4.84. The van der Waals surface area contributed by atoms with Gasteiger partial charge in [0.05, 0.1) is 0 Å². The van der Waals surface area contributed by atoms with Gasteiger partial charge in [0.1, 0.15) is 5.69 Å². The van der Waals surface area contributed by atoms with Gasteiger partial charge in [-0.25, -0.2) is 8.78 Å². The van der Waals surface area contributed by atoms with Crippen molar-refractivity contribution in [2.45, 2.75) is 44.6 Å². The van der Waals surface area contributed by atoms with Crippen LogP contribution >= 0.6 is 12.4 Å². The molecule has 0 radical (unpaired) electrons. The second-order valence-corrected chi connectivity index (χ2v) is 7.77. The molecule has 3 N–H and O–H groups in total. The number of rotatable bonds is 3. The summed E-state index contributed by atoms with van der Waals surface area (Å²) in [5, 5.41) is 13.2. The van der Waals surface area contributed by atoms with E-state index >= 15 is 0 Å². The molecule has 2 heterocycles. The zero-order valence-electron chi connectivity index (χ0n) is 15.6. The van der Waals surface area contributed by atoms with Gasteiger partial charge in [-0.05, 0) is 36.7 Å². The first-order chi connectivity index (χ1) is 12.3. The van der Waals surface area contributed by atoms with E-state index < -0.39 is 11.6 Å². The summed E-state index contributed by atoms with van der Waals surface area (Å²) in [6, 6.07) is 5.46. The number of nitrogens with one attached hydrogen (secondary N) is 3. The van der Waals surface area contributed by atoms with Crippen LogP contribution in [0.15, 0.2) is 24.3 Å². The van der Waals surface area contributed by atoms with Gasteiger partial charge in [0, 0.05) is 29.6 Å². The average molecular weight is 399 g/mol. The molecule has 0 saturated carbocycles. The first kappa shape index (κ1) is 21.3. The number of aromatic amines is 1. The van der Waals surface area contributed by atoms with E-state index in [1.54, 1.807) is 12.1 Å². The van der Waals surface area contributed by atoms with Gasteiger partial charge in [0.25, 0.3) is 5.91 Å².